The van der Waals surface area contributed by atoms with Crippen LogP contribution in [-0.4, -0.2) is 72.0 Å². The SMILES string of the molecule is O=C(CCCCN1CCOCC1)OC(C(=O)O)C(=O)O. The van der Waals surface area contributed by atoms with E-state index >= 15 is 0 Å². The summed E-state index contributed by atoms with van der Waals surface area (Å²) >= 11 is 0. The molecule has 0 unspecified atom stereocenters. The third-order valence-electron chi connectivity index (χ3n) is 2.91. The molecule has 1 rings (SSSR count). The molecule has 20 heavy (non-hydrogen) atoms. The lowest BCUT2D eigenvalue weighted by atomic mass is 10.2. The lowest BCUT2D eigenvalue weighted by Crippen LogP contribution is -2.37. The molecule has 0 amide bonds. The topological polar surface area (TPSA) is 113 Å². The average Bonchev–Trinajstić information content (AvgIpc) is 2.41. The highest BCUT2D eigenvalue weighted by Gasteiger charge is 2.29. The fourth-order valence-corrected chi connectivity index (χ4v) is 1.83. The monoisotopic (exact) mass is 289 g/mol. The minimum atomic E-state index is -2.12. The van der Waals surface area contributed by atoms with Crippen LogP contribution in [0.2, 0.25) is 0 Å². The van der Waals surface area contributed by atoms with Gasteiger partial charge < -0.3 is 19.7 Å². The van der Waals surface area contributed by atoms with Crippen LogP contribution in [0.15, 0.2) is 0 Å². The first-order valence-electron chi connectivity index (χ1n) is 6.46. The molecule has 0 aliphatic carbocycles. The molecule has 0 aromatic carbocycles. The van der Waals surface area contributed by atoms with Crippen LogP contribution in [0.1, 0.15) is 19.3 Å². The number of carbonyl (C=O) groups excluding carboxylic acids is 1. The van der Waals surface area contributed by atoms with Gasteiger partial charge in [-0.15, -0.1) is 0 Å². The van der Waals surface area contributed by atoms with E-state index in [9.17, 15) is 14.4 Å². The largest absolute Gasteiger partial charge is 0.478 e. The number of carboxylic acid groups (broad SMARTS) is 2. The van der Waals surface area contributed by atoms with Gasteiger partial charge in [0.1, 0.15) is 0 Å². The average molecular weight is 289 g/mol. The van der Waals surface area contributed by atoms with Crippen molar-refractivity contribution in [2.24, 2.45) is 0 Å². The molecule has 1 aliphatic rings. The molecular weight excluding hydrogens is 270 g/mol. The number of rotatable bonds is 8. The molecule has 2 N–H and O–H groups in total. The first kappa shape index (κ1) is 16.4. The second-order valence-corrected chi connectivity index (χ2v) is 4.46. The van der Waals surface area contributed by atoms with Crippen molar-refractivity contribution in [2.75, 3.05) is 32.8 Å². The predicted molar refractivity (Wildman–Crippen MR) is 66.3 cm³/mol. The first-order valence-corrected chi connectivity index (χ1v) is 6.46. The zero-order chi connectivity index (χ0) is 15.0. The Kier molecular flexibility index (Phi) is 6.96. The number of carbonyl (C=O) groups is 3. The van der Waals surface area contributed by atoms with Crippen molar-refractivity contribution in [1.82, 2.24) is 4.90 Å². The van der Waals surface area contributed by atoms with Gasteiger partial charge in [0.05, 0.1) is 13.2 Å². The number of morpholine rings is 1. The Morgan fingerprint density at radius 2 is 1.70 bits per heavy atom. The molecule has 0 aromatic heterocycles. The van der Waals surface area contributed by atoms with Crippen molar-refractivity contribution in [3.05, 3.63) is 0 Å². The van der Waals surface area contributed by atoms with E-state index in [-0.39, 0.29) is 6.42 Å². The smallest absolute Gasteiger partial charge is 0.356 e. The van der Waals surface area contributed by atoms with E-state index in [0.29, 0.717) is 19.6 Å². The molecule has 0 atom stereocenters. The summed E-state index contributed by atoms with van der Waals surface area (Å²) in [6.45, 7) is 3.98. The third kappa shape index (κ3) is 5.98. The van der Waals surface area contributed by atoms with Crippen LogP contribution in [0.4, 0.5) is 0 Å². The van der Waals surface area contributed by atoms with Gasteiger partial charge in [0.25, 0.3) is 6.10 Å². The zero-order valence-corrected chi connectivity index (χ0v) is 11.1. The quantitative estimate of drug-likeness (QED) is 0.351. The van der Waals surface area contributed by atoms with Crippen molar-refractivity contribution >= 4 is 17.9 Å². The van der Waals surface area contributed by atoms with E-state index < -0.39 is 24.0 Å². The van der Waals surface area contributed by atoms with Crippen LogP contribution in [0.5, 0.6) is 0 Å². The molecule has 0 aromatic rings. The molecular formula is C12H19NO7. The number of esters is 1. The molecule has 8 nitrogen and oxygen atoms in total. The van der Waals surface area contributed by atoms with Crippen molar-refractivity contribution in [3.8, 4) is 0 Å². The summed E-state index contributed by atoms with van der Waals surface area (Å²) in [6, 6.07) is 0. The summed E-state index contributed by atoms with van der Waals surface area (Å²) < 4.78 is 9.60. The molecule has 1 fully saturated rings. The van der Waals surface area contributed by atoms with Crippen LogP contribution < -0.4 is 0 Å². The standard InChI is InChI=1S/C12H19NO7/c14-9(20-10(11(15)16)12(17)18)3-1-2-4-13-5-7-19-8-6-13/h10H,1-8H2,(H,15,16)(H,17,18). The number of nitrogens with zero attached hydrogens (tertiary/aromatic N) is 1. The summed E-state index contributed by atoms with van der Waals surface area (Å²) in [5, 5.41) is 17.1. The minimum Gasteiger partial charge on any atom is -0.478 e. The Balaban J connectivity index is 2.15. The number of hydrogen-bond acceptors (Lipinski definition) is 6. The Morgan fingerprint density at radius 3 is 2.25 bits per heavy atom. The summed E-state index contributed by atoms with van der Waals surface area (Å²) in [5.41, 5.74) is 0. The van der Waals surface area contributed by atoms with Crippen LogP contribution in [0, 0.1) is 0 Å². The maximum Gasteiger partial charge on any atom is 0.356 e. The molecule has 0 spiro atoms. The first-order chi connectivity index (χ1) is 9.50. The molecule has 114 valence electrons. The van der Waals surface area contributed by atoms with Crippen molar-refractivity contribution in [2.45, 2.75) is 25.4 Å². The molecule has 1 saturated heterocycles. The number of aliphatic carboxylic acids is 2. The Bertz CT molecular complexity index is 338. The molecule has 8 heteroatoms. The van der Waals surface area contributed by atoms with Crippen LogP contribution in [-0.2, 0) is 23.9 Å². The number of ether oxygens (including phenoxy) is 2. The van der Waals surface area contributed by atoms with E-state index in [4.69, 9.17) is 14.9 Å². The maximum atomic E-state index is 11.3. The van der Waals surface area contributed by atoms with E-state index in [0.717, 1.165) is 26.1 Å². The normalized spacial score (nSPS) is 16.1. The second-order valence-electron chi connectivity index (χ2n) is 4.46. The predicted octanol–water partition coefficient (Wildman–Crippen LogP) is -0.430. The summed E-state index contributed by atoms with van der Waals surface area (Å²) in [4.78, 5) is 34.6. The van der Waals surface area contributed by atoms with Crippen molar-refractivity contribution < 1.29 is 34.1 Å². The van der Waals surface area contributed by atoms with E-state index in [1.54, 1.807) is 0 Å². The van der Waals surface area contributed by atoms with Crippen LogP contribution >= 0.6 is 0 Å². The number of unbranched alkanes of at least 4 members (excludes halogenated alkanes) is 1. The molecule has 0 bridgehead atoms. The fourth-order valence-electron chi connectivity index (χ4n) is 1.83. The van der Waals surface area contributed by atoms with E-state index in [1.165, 1.54) is 0 Å². The van der Waals surface area contributed by atoms with Gasteiger partial charge in [-0.05, 0) is 19.4 Å². The van der Waals surface area contributed by atoms with Gasteiger partial charge in [0, 0.05) is 19.5 Å². The Hall–Kier alpha value is -1.67. The van der Waals surface area contributed by atoms with Crippen LogP contribution in [0.25, 0.3) is 0 Å². The van der Waals surface area contributed by atoms with Gasteiger partial charge in [-0.3, -0.25) is 9.69 Å². The zero-order valence-electron chi connectivity index (χ0n) is 11.1. The lowest BCUT2D eigenvalue weighted by Gasteiger charge is -2.26. The number of hydrogen-bond donors (Lipinski definition) is 2. The molecule has 1 heterocycles. The minimum absolute atomic E-state index is 0.0153. The van der Waals surface area contributed by atoms with E-state index in [1.807, 2.05) is 0 Å². The van der Waals surface area contributed by atoms with Crippen LogP contribution in [0.3, 0.4) is 0 Å². The second kappa shape index (κ2) is 8.49. The lowest BCUT2D eigenvalue weighted by molar-refractivity contribution is -0.174. The highest BCUT2D eigenvalue weighted by molar-refractivity contribution is 5.97. The number of carboxylic acids is 2. The third-order valence-corrected chi connectivity index (χ3v) is 2.91. The summed E-state index contributed by atoms with van der Waals surface area (Å²) in [5.74, 6) is -4.17. The van der Waals surface area contributed by atoms with Gasteiger partial charge in [0.2, 0.25) is 0 Å². The summed E-state index contributed by atoms with van der Waals surface area (Å²) in [6.07, 6.45) is -0.814. The van der Waals surface area contributed by atoms with Gasteiger partial charge in [-0.25, -0.2) is 9.59 Å². The Morgan fingerprint density at radius 1 is 1.10 bits per heavy atom. The highest BCUT2D eigenvalue weighted by atomic mass is 16.6. The van der Waals surface area contributed by atoms with Crippen molar-refractivity contribution in [1.29, 1.82) is 0 Å². The molecule has 1 aliphatic heterocycles. The van der Waals surface area contributed by atoms with Gasteiger partial charge >= 0.3 is 17.9 Å². The molecule has 0 saturated carbocycles. The van der Waals surface area contributed by atoms with Gasteiger partial charge in [-0.2, -0.15) is 0 Å². The maximum absolute atomic E-state index is 11.3. The fraction of sp³-hybridized carbons (Fsp3) is 0.750. The van der Waals surface area contributed by atoms with Crippen molar-refractivity contribution in [3.63, 3.8) is 0 Å². The van der Waals surface area contributed by atoms with Gasteiger partial charge in [-0.1, -0.05) is 0 Å². The molecule has 0 radical (unpaired) electrons. The highest BCUT2D eigenvalue weighted by Crippen LogP contribution is 2.05. The Labute approximate surface area is 116 Å². The summed E-state index contributed by atoms with van der Waals surface area (Å²) in [7, 11) is 0. The van der Waals surface area contributed by atoms with Gasteiger partial charge in [0.15, 0.2) is 0 Å². The van der Waals surface area contributed by atoms with E-state index in [2.05, 4.69) is 9.64 Å².